The van der Waals surface area contributed by atoms with E-state index in [0.29, 0.717) is 5.37 Å². The Hall–Kier alpha value is -0.130. The molecule has 3 nitrogen and oxygen atoms in total. The van der Waals surface area contributed by atoms with Crippen LogP contribution >= 0.6 is 23.5 Å². The molecule has 0 aromatic carbocycles. The van der Waals surface area contributed by atoms with Crippen LogP contribution in [-0.4, -0.2) is 40.3 Å². The summed E-state index contributed by atoms with van der Waals surface area (Å²) in [7, 11) is 0. The van der Waals surface area contributed by atoms with Crippen molar-refractivity contribution in [3.05, 3.63) is 11.1 Å². The van der Waals surface area contributed by atoms with Crippen LogP contribution in [0.15, 0.2) is 11.1 Å². The second-order valence-electron chi connectivity index (χ2n) is 5.74. The third-order valence-electron chi connectivity index (χ3n) is 3.94. The van der Waals surface area contributed by atoms with E-state index in [1.54, 1.807) is 0 Å². The molecule has 1 amide bonds. The SMILES string of the molecule is CCCCCNC1C(=O)N2C=C(SCCCCC)CS[C@H]12. The molecule has 0 aromatic heterocycles. The topological polar surface area (TPSA) is 32.3 Å². The van der Waals surface area contributed by atoms with Gasteiger partial charge in [0.2, 0.25) is 5.91 Å². The van der Waals surface area contributed by atoms with Gasteiger partial charge in [0.25, 0.3) is 0 Å². The van der Waals surface area contributed by atoms with Crippen LogP contribution in [0.5, 0.6) is 0 Å². The number of rotatable bonds is 10. The highest BCUT2D eigenvalue weighted by molar-refractivity contribution is 8.06. The van der Waals surface area contributed by atoms with Gasteiger partial charge in [-0.05, 0) is 25.1 Å². The maximum atomic E-state index is 12.2. The smallest absolute Gasteiger partial charge is 0.247 e. The lowest BCUT2D eigenvalue weighted by Gasteiger charge is -2.47. The minimum atomic E-state index is 0.0507. The maximum absolute atomic E-state index is 12.2. The molecule has 1 saturated heterocycles. The Morgan fingerprint density at radius 3 is 2.81 bits per heavy atom. The van der Waals surface area contributed by atoms with Gasteiger partial charge in [-0.25, -0.2) is 0 Å². The van der Waals surface area contributed by atoms with Gasteiger partial charge in [0.05, 0.1) is 0 Å². The highest BCUT2D eigenvalue weighted by Gasteiger charge is 2.48. The van der Waals surface area contributed by atoms with Gasteiger partial charge in [-0.2, -0.15) is 0 Å². The molecule has 0 radical (unpaired) electrons. The second kappa shape index (κ2) is 9.11. The molecular weight excluding hydrogens is 300 g/mol. The predicted octanol–water partition coefficient (Wildman–Crippen LogP) is 3.81. The fourth-order valence-electron chi connectivity index (χ4n) is 2.61. The van der Waals surface area contributed by atoms with Crippen molar-refractivity contribution in [2.24, 2.45) is 0 Å². The second-order valence-corrected chi connectivity index (χ2v) is 8.06. The van der Waals surface area contributed by atoms with E-state index in [-0.39, 0.29) is 11.9 Å². The molecule has 2 aliphatic rings. The number of hydrogen-bond acceptors (Lipinski definition) is 4. The lowest BCUT2D eigenvalue weighted by Crippen LogP contribution is -2.67. The van der Waals surface area contributed by atoms with Crippen LogP contribution in [0.3, 0.4) is 0 Å². The van der Waals surface area contributed by atoms with Crippen LogP contribution in [0.1, 0.15) is 52.4 Å². The number of thioether (sulfide) groups is 2. The van der Waals surface area contributed by atoms with E-state index in [9.17, 15) is 4.79 Å². The zero-order valence-electron chi connectivity index (χ0n) is 13.3. The molecule has 2 rings (SSSR count). The van der Waals surface area contributed by atoms with E-state index < -0.39 is 0 Å². The first-order valence-corrected chi connectivity index (χ1v) is 10.3. The van der Waals surface area contributed by atoms with E-state index in [1.807, 2.05) is 28.4 Å². The van der Waals surface area contributed by atoms with Gasteiger partial charge in [0, 0.05) is 16.9 Å². The summed E-state index contributed by atoms with van der Waals surface area (Å²) in [6, 6.07) is 0.0507. The fraction of sp³-hybridized carbons (Fsp3) is 0.812. The molecule has 0 saturated carbocycles. The molecular formula is C16H28N2OS2. The molecule has 21 heavy (non-hydrogen) atoms. The summed E-state index contributed by atoms with van der Waals surface area (Å²) in [5.41, 5.74) is 0. The Labute approximate surface area is 137 Å². The van der Waals surface area contributed by atoms with Crippen molar-refractivity contribution in [3.8, 4) is 0 Å². The molecule has 2 atom stereocenters. The third kappa shape index (κ3) is 4.67. The number of amides is 1. The lowest BCUT2D eigenvalue weighted by atomic mass is 10.1. The Kier molecular flexibility index (Phi) is 7.47. The number of unbranched alkanes of at least 4 members (excludes halogenated alkanes) is 4. The van der Waals surface area contributed by atoms with Gasteiger partial charge in [0.15, 0.2) is 0 Å². The maximum Gasteiger partial charge on any atom is 0.247 e. The van der Waals surface area contributed by atoms with Crippen LogP contribution in [0, 0.1) is 0 Å². The van der Waals surface area contributed by atoms with Gasteiger partial charge >= 0.3 is 0 Å². The summed E-state index contributed by atoms with van der Waals surface area (Å²) in [5.74, 6) is 2.51. The minimum absolute atomic E-state index is 0.0507. The number of nitrogens with zero attached hydrogens (tertiary/aromatic N) is 1. The van der Waals surface area contributed by atoms with E-state index in [0.717, 1.165) is 12.3 Å². The molecule has 1 unspecified atom stereocenters. The van der Waals surface area contributed by atoms with Crippen LogP contribution in [0.2, 0.25) is 0 Å². The highest BCUT2D eigenvalue weighted by atomic mass is 32.2. The van der Waals surface area contributed by atoms with Crippen molar-refractivity contribution in [2.45, 2.75) is 63.8 Å². The fourth-order valence-corrected chi connectivity index (χ4v) is 5.09. The quantitative estimate of drug-likeness (QED) is 0.488. The van der Waals surface area contributed by atoms with E-state index >= 15 is 0 Å². The lowest BCUT2D eigenvalue weighted by molar-refractivity contribution is -0.141. The third-order valence-corrected chi connectivity index (χ3v) is 6.55. The molecule has 1 fully saturated rings. The summed E-state index contributed by atoms with van der Waals surface area (Å²) < 4.78 is 0. The van der Waals surface area contributed by atoms with Gasteiger partial charge in [-0.15, -0.1) is 23.5 Å². The van der Waals surface area contributed by atoms with Crippen LogP contribution < -0.4 is 5.32 Å². The average molecular weight is 329 g/mol. The summed E-state index contributed by atoms with van der Waals surface area (Å²) in [6.07, 6.45) is 9.60. The van der Waals surface area contributed by atoms with Crippen molar-refractivity contribution >= 4 is 29.4 Å². The first-order chi connectivity index (χ1) is 10.3. The number of nitrogens with one attached hydrogen (secondary N) is 1. The number of carbonyl (C=O) groups is 1. The molecule has 120 valence electrons. The van der Waals surface area contributed by atoms with Crippen molar-refractivity contribution in [1.82, 2.24) is 10.2 Å². The van der Waals surface area contributed by atoms with E-state index in [2.05, 4.69) is 25.4 Å². The predicted molar refractivity (Wildman–Crippen MR) is 94.5 cm³/mol. The minimum Gasteiger partial charge on any atom is -0.303 e. The van der Waals surface area contributed by atoms with E-state index in [4.69, 9.17) is 0 Å². The Balaban J connectivity index is 1.72. The molecule has 0 aromatic rings. The molecule has 2 aliphatic heterocycles. The molecule has 5 heteroatoms. The van der Waals surface area contributed by atoms with Crippen molar-refractivity contribution < 1.29 is 4.79 Å². The standard InChI is InChI=1S/C16H28N2OS2/c1-3-5-7-9-17-14-15(19)18-11-13(12-21-16(14)18)20-10-8-6-4-2/h11,14,16-17H,3-10,12H2,1-2H3/t14?,16-/m1/s1. The number of hydrogen-bond donors (Lipinski definition) is 1. The Morgan fingerprint density at radius 1 is 1.29 bits per heavy atom. The number of fused-ring (bicyclic) bond motifs is 1. The molecule has 0 spiro atoms. The summed E-state index contributed by atoms with van der Waals surface area (Å²) in [4.78, 5) is 15.5. The zero-order valence-corrected chi connectivity index (χ0v) is 14.9. The van der Waals surface area contributed by atoms with Crippen LogP contribution in [-0.2, 0) is 4.79 Å². The largest absolute Gasteiger partial charge is 0.303 e. The molecule has 0 bridgehead atoms. The molecule has 0 aliphatic carbocycles. The Morgan fingerprint density at radius 2 is 2.05 bits per heavy atom. The van der Waals surface area contributed by atoms with Gasteiger partial charge in [0.1, 0.15) is 11.4 Å². The highest BCUT2D eigenvalue weighted by Crippen LogP contribution is 2.39. The summed E-state index contributed by atoms with van der Waals surface area (Å²) in [6.45, 7) is 5.41. The van der Waals surface area contributed by atoms with Crippen LogP contribution in [0.25, 0.3) is 0 Å². The summed E-state index contributed by atoms with van der Waals surface area (Å²) in [5, 5.41) is 3.76. The zero-order chi connectivity index (χ0) is 15.1. The Bertz CT molecular complexity index is 373. The average Bonchev–Trinajstić information content (AvgIpc) is 2.51. The monoisotopic (exact) mass is 328 g/mol. The first-order valence-electron chi connectivity index (χ1n) is 8.28. The van der Waals surface area contributed by atoms with Crippen LogP contribution in [0.4, 0.5) is 0 Å². The number of carbonyl (C=O) groups excluding carboxylic acids is 1. The van der Waals surface area contributed by atoms with Crippen molar-refractivity contribution in [1.29, 1.82) is 0 Å². The summed E-state index contributed by atoms with van der Waals surface area (Å²) >= 11 is 3.84. The van der Waals surface area contributed by atoms with Crippen molar-refractivity contribution in [2.75, 3.05) is 18.1 Å². The normalized spacial score (nSPS) is 24.6. The molecule has 1 N–H and O–H groups in total. The van der Waals surface area contributed by atoms with Gasteiger partial charge in [-0.1, -0.05) is 39.5 Å². The number of β-lactam (4-membered cyclic amide) rings is 1. The first kappa shape index (κ1) is 17.2. The van der Waals surface area contributed by atoms with Gasteiger partial charge in [-0.3, -0.25) is 4.79 Å². The van der Waals surface area contributed by atoms with E-state index in [1.165, 1.54) is 49.2 Å². The molecule has 2 heterocycles. The van der Waals surface area contributed by atoms with Gasteiger partial charge < -0.3 is 10.2 Å². The van der Waals surface area contributed by atoms with Crippen molar-refractivity contribution in [3.63, 3.8) is 0 Å².